The number of hydrogen-bond donors (Lipinski definition) is 0. The lowest BCUT2D eigenvalue weighted by molar-refractivity contribution is 0.101. The number of carbonyl (C=O) groups is 1. The smallest absolute Gasteiger partial charge is 0.161 e. The van der Waals surface area contributed by atoms with Gasteiger partial charge in [-0.3, -0.25) is 4.79 Å². The standard InChI is InChI=1S/C7H5BrClNO/c1-4(11)5-2-3-10-7(8)6(5)9/h2-3H,1H3. The molecule has 0 saturated carbocycles. The normalized spacial score (nSPS) is 9.73. The predicted molar refractivity (Wildman–Crippen MR) is 47.0 cm³/mol. The molecule has 1 rings (SSSR count). The van der Waals surface area contributed by atoms with E-state index >= 15 is 0 Å². The molecule has 0 aliphatic rings. The fraction of sp³-hybridized carbons (Fsp3) is 0.143. The summed E-state index contributed by atoms with van der Waals surface area (Å²) in [6, 6.07) is 1.59. The van der Waals surface area contributed by atoms with Gasteiger partial charge in [0.25, 0.3) is 0 Å². The fourth-order valence-electron chi connectivity index (χ4n) is 0.690. The summed E-state index contributed by atoms with van der Waals surface area (Å²) in [5.74, 6) is -0.0573. The van der Waals surface area contributed by atoms with Crippen LogP contribution in [0.1, 0.15) is 17.3 Å². The van der Waals surface area contributed by atoms with Crippen molar-refractivity contribution in [3.63, 3.8) is 0 Å². The van der Waals surface area contributed by atoms with Crippen LogP contribution in [0.5, 0.6) is 0 Å². The molecule has 0 amide bonds. The molecular weight excluding hydrogens is 229 g/mol. The maximum absolute atomic E-state index is 10.9. The molecule has 0 bridgehead atoms. The van der Waals surface area contributed by atoms with Crippen molar-refractivity contribution in [2.45, 2.75) is 6.92 Å². The molecule has 0 fully saturated rings. The molecule has 0 aliphatic carbocycles. The first-order chi connectivity index (χ1) is 5.13. The molecule has 1 aromatic rings. The maximum atomic E-state index is 10.9. The second kappa shape index (κ2) is 3.32. The second-order valence-electron chi connectivity index (χ2n) is 2.02. The van der Waals surface area contributed by atoms with Crippen molar-refractivity contribution in [1.29, 1.82) is 0 Å². The number of carbonyl (C=O) groups excluding carboxylic acids is 1. The lowest BCUT2D eigenvalue weighted by Gasteiger charge is -1.98. The number of rotatable bonds is 1. The molecule has 4 heteroatoms. The van der Waals surface area contributed by atoms with E-state index in [0.717, 1.165) is 0 Å². The van der Waals surface area contributed by atoms with E-state index in [4.69, 9.17) is 11.6 Å². The van der Waals surface area contributed by atoms with Crippen LogP contribution in [0.15, 0.2) is 16.9 Å². The third-order valence-electron chi connectivity index (χ3n) is 1.23. The van der Waals surface area contributed by atoms with Crippen LogP contribution in [0.4, 0.5) is 0 Å². The van der Waals surface area contributed by atoms with Crippen molar-refractivity contribution in [1.82, 2.24) is 4.98 Å². The number of ketones is 1. The summed E-state index contributed by atoms with van der Waals surface area (Å²) in [7, 11) is 0. The van der Waals surface area contributed by atoms with Crippen LogP contribution >= 0.6 is 27.5 Å². The summed E-state index contributed by atoms with van der Waals surface area (Å²) < 4.78 is 0.506. The average Bonchev–Trinajstić information content (AvgIpc) is 1.94. The molecule has 11 heavy (non-hydrogen) atoms. The third kappa shape index (κ3) is 1.79. The Morgan fingerprint density at radius 1 is 1.73 bits per heavy atom. The summed E-state index contributed by atoms with van der Waals surface area (Å²) >= 11 is 8.88. The fourth-order valence-corrected chi connectivity index (χ4v) is 1.27. The Morgan fingerprint density at radius 2 is 2.36 bits per heavy atom. The van der Waals surface area contributed by atoms with Gasteiger partial charge in [0.2, 0.25) is 0 Å². The Labute approximate surface area is 77.7 Å². The van der Waals surface area contributed by atoms with Crippen molar-refractivity contribution in [3.8, 4) is 0 Å². The highest BCUT2D eigenvalue weighted by atomic mass is 79.9. The Hall–Kier alpha value is -0.410. The van der Waals surface area contributed by atoms with Gasteiger partial charge < -0.3 is 0 Å². The van der Waals surface area contributed by atoms with Gasteiger partial charge in [0, 0.05) is 11.8 Å². The Kier molecular flexibility index (Phi) is 2.62. The summed E-state index contributed by atoms with van der Waals surface area (Å²) in [6.07, 6.45) is 1.53. The minimum Gasteiger partial charge on any atom is -0.294 e. The van der Waals surface area contributed by atoms with Gasteiger partial charge in [0.15, 0.2) is 5.78 Å². The highest BCUT2D eigenvalue weighted by Gasteiger charge is 2.07. The van der Waals surface area contributed by atoms with Gasteiger partial charge in [-0.05, 0) is 28.9 Å². The Bertz CT molecular complexity index is 300. The first-order valence-corrected chi connectivity index (χ1v) is 4.11. The molecule has 0 N–H and O–H groups in total. The van der Waals surface area contributed by atoms with E-state index in [1.54, 1.807) is 6.07 Å². The second-order valence-corrected chi connectivity index (χ2v) is 3.15. The SMILES string of the molecule is CC(=O)c1ccnc(Br)c1Cl. The number of aromatic nitrogens is 1. The number of pyridine rings is 1. The van der Waals surface area contributed by atoms with Crippen molar-refractivity contribution >= 4 is 33.3 Å². The van der Waals surface area contributed by atoms with Crippen LogP contribution < -0.4 is 0 Å². The number of nitrogens with zero attached hydrogens (tertiary/aromatic N) is 1. The molecule has 2 nitrogen and oxygen atoms in total. The summed E-state index contributed by atoms with van der Waals surface area (Å²) in [5, 5.41) is 0.375. The highest BCUT2D eigenvalue weighted by molar-refractivity contribution is 9.10. The van der Waals surface area contributed by atoms with Crippen LogP contribution in [0.3, 0.4) is 0 Å². The lowest BCUT2D eigenvalue weighted by Crippen LogP contribution is -1.94. The first kappa shape index (κ1) is 8.68. The summed E-state index contributed by atoms with van der Waals surface area (Å²) in [4.78, 5) is 14.7. The van der Waals surface area contributed by atoms with Gasteiger partial charge in [-0.25, -0.2) is 4.98 Å². The van der Waals surface area contributed by atoms with Crippen LogP contribution in [0.2, 0.25) is 5.02 Å². The van der Waals surface area contributed by atoms with Crippen LogP contribution in [0, 0.1) is 0 Å². The third-order valence-corrected chi connectivity index (χ3v) is 2.44. The van der Waals surface area contributed by atoms with Gasteiger partial charge in [-0.1, -0.05) is 11.6 Å². The van der Waals surface area contributed by atoms with E-state index in [-0.39, 0.29) is 5.78 Å². The Morgan fingerprint density at radius 3 is 2.82 bits per heavy atom. The molecule has 58 valence electrons. The van der Waals surface area contributed by atoms with E-state index < -0.39 is 0 Å². The van der Waals surface area contributed by atoms with E-state index in [1.165, 1.54) is 13.1 Å². The quantitative estimate of drug-likeness (QED) is 0.552. The van der Waals surface area contributed by atoms with Crippen molar-refractivity contribution < 1.29 is 4.79 Å². The van der Waals surface area contributed by atoms with E-state index in [9.17, 15) is 4.79 Å². The molecule has 0 radical (unpaired) electrons. The zero-order chi connectivity index (χ0) is 8.43. The molecule has 0 saturated heterocycles. The summed E-state index contributed by atoms with van der Waals surface area (Å²) in [5.41, 5.74) is 0.494. The largest absolute Gasteiger partial charge is 0.294 e. The molecular formula is C7H5BrClNO. The van der Waals surface area contributed by atoms with Crippen molar-refractivity contribution in [2.24, 2.45) is 0 Å². The van der Waals surface area contributed by atoms with E-state index in [2.05, 4.69) is 20.9 Å². The number of hydrogen-bond acceptors (Lipinski definition) is 2. The monoisotopic (exact) mass is 233 g/mol. The topological polar surface area (TPSA) is 30.0 Å². The lowest BCUT2D eigenvalue weighted by atomic mass is 10.2. The van der Waals surface area contributed by atoms with E-state index in [1.807, 2.05) is 0 Å². The minimum atomic E-state index is -0.0573. The average molecular weight is 234 g/mol. The predicted octanol–water partition coefficient (Wildman–Crippen LogP) is 2.70. The molecule has 0 atom stereocenters. The van der Waals surface area contributed by atoms with Crippen LogP contribution in [-0.4, -0.2) is 10.8 Å². The molecule has 0 spiro atoms. The van der Waals surface area contributed by atoms with Gasteiger partial charge >= 0.3 is 0 Å². The maximum Gasteiger partial charge on any atom is 0.161 e. The van der Waals surface area contributed by atoms with Crippen molar-refractivity contribution in [2.75, 3.05) is 0 Å². The van der Waals surface area contributed by atoms with Gasteiger partial charge in [-0.15, -0.1) is 0 Å². The highest BCUT2D eigenvalue weighted by Crippen LogP contribution is 2.23. The summed E-state index contributed by atoms with van der Waals surface area (Å²) in [6.45, 7) is 1.47. The van der Waals surface area contributed by atoms with Gasteiger partial charge in [0.1, 0.15) is 4.60 Å². The van der Waals surface area contributed by atoms with Crippen LogP contribution in [0.25, 0.3) is 0 Å². The van der Waals surface area contributed by atoms with Gasteiger partial charge in [-0.2, -0.15) is 0 Å². The first-order valence-electron chi connectivity index (χ1n) is 2.94. The molecule has 1 aromatic heterocycles. The number of halogens is 2. The molecule has 0 aromatic carbocycles. The molecule has 0 aliphatic heterocycles. The van der Waals surface area contributed by atoms with Crippen LogP contribution in [-0.2, 0) is 0 Å². The Balaban J connectivity index is 3.27. The van der Waals surface area contributed by atoms with E-state index in [0.29, 0.717) is 15.2 Å². The van der Waals surface area contributed by atoms with Crippen molar-refractivity contribution in [3.05, 3.63) is 27.5 Å². The zero-order valence-electron chi connectivity index (χ0n) is 5.77. The zero-order valence-corrected chi connectivity index (χ0v) is 8.11. The molecule has 0 unspecified atom stereocenters. The number of Topliss-reactive ketones (excluding diaryl/α,β-unsaturated/α-hetero) is 1. The molecule has 1 heterocycles. The van der Waals surface area contributed by atoms with Gasteiger partial charge in [0.05, 0.1) is 5.02 Å². The minimum absolute atomic E-state index is 0.0573.